The molecule has 0 spiro atoms. The molecule has 1 aromatic carbocycles. The third-order valence-corrected chi connectivity index (χ3v) is 5.37. The number of nitrogens with one attached hydrogen (secondary N) is 1. The van der Waals surface area contributed by atoms with E-state index in [9.17, 15) is 9.90 Å². The van der Waals surface area contributed by atoms with Gasteiger partial charge >= 0.3 is 0 Å². The number of aromatic nitrogens is 1. The minimum absolute atomic E-state index is 0.0949. The average Bonchev–Trinajstić information content (AvgIpc) is 3.20. The molecule has 1 heterocycles. The summed E-state index contributed by atoms with van der Waals surface area (Å²) < 4.78 is 5.78. The number of benzene rings is 1. The molecular formula is C22H30N2O3. The van der Waals surface area contributed by atoms with E-state index >= 15 is 0 Å². The van der Waals surface area contributed by atoms with Crippen LogP contribution in [0.25, 0.3) is 11.5 Å². The normalized spacial score (nSPS) is 16.5. The molecule has 0 aliphatic heterocycles. The van der Waals surface area contributed by atoms with Gasteiger partial charge in [0.05, 0.1) is 17.7 Å². The fraction of sp³-hybridized carbons (Fsp3) is 0.545. The van der Waals surface area contributed by atoms with Crippen LogP contribution in [0.15, 0.2) is 28.7 Å². The highest BCUT2D eigenvalue weighted by Crippen LogP contribution is 2.29. The van der Waals surface area contributed by atoms with Gasteiger partial charge < -0.3 is 14.8 Å². The highest BCUT2D eigenvalue weighted by molar-refractivity contribution is 5.78. The van der Waals surface area contributed by atoms with Crippen LogP contribution in [0.3, 0.4) is 0 Å². The van der Waals surface area contributed by atoms with Gasteiger partial charge in [0.2, 0.25) is 11.8 Å². The zero-order chi connectivity index (χ0) is 19.7. The van der Waals surface area contributed by atoms with Crippen LogP contribution in [0.1, 0.15) is 63.5 Å². The minimum atomic E-state index is -0.742. The topological polar surface area (TPSA) is 75.4 Å². The second-order valence-corrected chi connectivity index (χ2v) is 8.73. The average molecular weight is 370 g/mol. The number of nitrogens with zero attached hydrogens (tertiary/aromatic N) is 1. The summed E-state index contributed by atoms with van der Waals surface area (Å²) in [5.74, 6) is 1.05. The van der Waals surface area contributed by atoms with Gasteiger partial charge in [-0.3, -0.25) is 4.79 Å². The second kappa shape index (κ2) is 7.47. The SMILES string of the molecule is Cc1oc(-c2ccc(C(C)(C)C)cc2)nc1CC(=O)NCC1(O)CCCC1. The molecule has 0 atom stereocenters. The van der Waals surface area contributed by atoms with Crippen LogP contribution in [-0.2, 0) is 16.6 Å². The van der Waals surface area contributed by atoms with Crippen molar-refractivity contribution in [2.24, 2.45) is 0 Å². The molecule has 146 valence electrons. The summed E-state index contributed by atoms with van der Waals surface area (Å²) in [7, 11) is 0. The molecular weight excluding hydrogens is 340 g/mol. The molecule has 2 N–H and O–H groups in total. The van der Waals surface area contributed by atoms with Gasteiger partial charge in [0.25, 0.3) is 0 Å². The van der Waals surface area contributed by atoms with Crippen molar-refractivity contribution in [3.8, 4) is 11.5 Å². The lowest BCUT2D eigenvalue weighted by Gasteiger charge is -2.22. The summed E-state index contributed by atoms with van der Waals surface area (Å²) >= 11 is 0. The van der Waals surface area contributed by atoms with Crippen molar-refractivity contribution in [3.05, 3.63) is 41.3 Å². The summed E-state index contributed by atoms with van der Waals surface area (Å²) in [5, 5.41) is 13.2. The highest BCUT2D eigenvalue weighted by atomic mass is 16.4. The van der Waals surface area contributed by atoms with E-state index in [1.807, 2.05) is 19.1 Å². The maximum Gasteiger partial charge on any atom is 0.226 e. The van der Waals surface area contributed by atoms with E-state index in [1.165, 1.54) is 5.56 Å². The highest BCUT2D eigenvalue weighted by Gasteiger charge is 2.31. The third-order valence-electron chi connectivity index (χ3n) is 5.37. The lowest BCUT2D eigenvalue weighted by molar-refractivity contribution is -0.121. The Morgan fingerprint density at radius 1 is 1.22 bits per heavy atom. The number of aryl methyl sites for hydroxylation is 1. The molecule has 0 bridgehead atoms. The molecule has 0 saturated heterocycles. The van der Waals surface area contributed by atoms with Crippen LogP contribution < -0.4 is 5.32 Å². The Labute approximate surface area is 161 Å². The first-order chi connectivity index (χ1) is 12.7. The number of oxazole rings is 1. The van der Waals surface area contributed by atoms with Crippen molar-refractivity contribution < 1.29 is 14.3 Å². The van der Waals surface area contributed by atoms with E-state index in [-0.39, 0.29) is 17.7 Å². The van der Waals surface area contributed by atoms with Crippen LogP contribution in [0.2, 0.25) is 0 Å². The molecule has 1 aromatic heterocycles. The Morgan fingerprint density at radius 2 is 1.85 bits per heavy atom. The van der Waals surface area contributed by atoms with Crippen molar-refractivity contribution in [2.45, 2.75) is 70.8 Å². The lowest BCUT2D eigenvalue weighted by Crippen LogP contribution is -2.41. The summed E-state index contributed by atoms with van der Waals surface area (Å²) in [6, 6.07) is 8.18. The molecule has 5 heteroatoms. The molecule has 5 nitrogen and oxygen atoms in total. The fourth-order valence-electron chi connectivity index (χ4n) is 3.52. The number of aliphatic hydroxyl groups is 1. The molecule has 1 aliphatic rings. The molecule has 0 unspecified atom stereocenters. The van der Waals surface area contributed by atoms with Gasteiger partial charge in [-0.05, 0) is 42.9 Å². The third kappa shape index (κ3) is 4.78. The van der Waals surface area contributed by atoms with Gasteiger partial charge in [0.15, 0.2) is 0 Å². The number of hydrogen-bond acceptors (Lipinski definition) is 4. The van der Waals surface area contributed by atoms with Gasteiger partial charge in [-0.15, -0.1) is 0 Å². The van der Waals surface area contributed by atoms with Crippen LogP contribution >= 0.6 is 0 Å². The molecule has 1 saturated carbocycles. The Balaban J connectivity index is 1.64. The van der Waals surface area contributed by atoms with E-state index in [0.717, 1.165) is 31.2 Å². The Bertz CT molecular complexity index is 794. The molecule has 0 radical (unpaired) electrons. The molecule has 1 aliphatic carbocycles. The first-order valence-corrected chi connectivity index (χ1v) is 9.73. The molecule has 3 rings (SSSR count). The van der Waals surface area contributed by atoms with Crippen molar-refractivity contribution in [3.63, 3.8) is 0 Å². The van der Waals surface area contributed by atoms with E-state index in [2.05, 4.69) is 43.2 Å². The van der Waals surface area contributed by atoms with E-state index in [1.54, 1.807) is 0 Å². The Morgan fingerprint density at radius 3 is 2.44 bits per heavy atom. The number of amides is 1. The minimum Gasteiger partial charge on any atom is -0.441 e. The smallest absolute Gasteiger partial charge is 0.226 e. The van der Waals surface area contributed by atoms with Crippen LogP contribution in [-0.4, -0.2) is 28.1 Å². The summed E-state index contributed by atoms with van der Waals surface area (Å²) in [6.45, 7) is 8.67. The van der Waals surface area contributed by atoms with E-state index in [4.69, 9.17) is 4.42 Å². The second-order valence-electron chi connectivity index (χ2n) is 8.73. The summed E-state index contributed by atoms with van der Waals surface area (Å²) in [5.41, 5.74) is 2.14. The van der Waals surface area contributed by atoms with Crippen molar-refractivity contribution in [1.82, 2.24) is 10.3 Å². The predicted molar refractivity (Wildman–Crippen MR) is 106 cm³/mol. The lowest BCUT2D eigenvalue weighted by atomic mass is 9.87. The first kappa shape index (κ1) is 19.6. The van der Waals surface area contributed by atoms with Crippen LogP contribution in [0.5, 0.6) is 0 Å². The van der Waals surface area contributed by atoms with Crippen molar-refractivity contribution >= 4 is 5.91 Å². The van der Waals surface area contributed by atoms with Crippen molar-refractivity contribution in [1.29, 1.82) is 0 Å². The number of rotatable bonds is 5. The summed E-state index contributed by atoms with van der Waals surface area (Å²) in [6.07, 6.45) is 3.71. The Hall–Kier alpha value is -2.14. The van der Waals surface area contributed by atoms with Gasteiger partial charge in [0.1, 0.15) is 5.76 Å². The van der Waals surface area contributed by atoms with E-state index in [0.29, 0.717) is 23.9 Å². The zero-order valence-electron chi connectivity index (χ0n) is 16.8. The molecule has 2 aromatic rings. The Kier molecular flexibility index (Phi) is 5.43. The first-order valence-electron chi connectivity index (χ1n) is 9.73. The maximum absolute atomic E-state index is 12.3. The standard InChI is InChI=1S/C22H30N2O3/c1-15-18(13-19(25)23-14-22(26)11-5-6-12-22)24-20(27-15)16-7-9-17(10-8-16)21(2,3)4/h7-10,26H,5-6,11-14H2,1-4H3,(H,23,25). The van der Waals surface area contributed by atoms with Crippen LogP contribution in [0, 0.1) is 6.92 Å². The molecule has 1 fully saturated rings. The van der Waals surface area contributed by atoms with Crippen molar-refractivity contribution in [2.75, 3.05) is 6.54 Å². The number of carbonyl (C=O) groups excluding carboxylic acids is 1. The summed E-state index contributed by atoms with van der Waals surface area (Å²) in [4.78, 5) is 16.8. The van der Waals surface area contributed by atoms with Crippen LogP contribution in [0.4, 0.5) is 0 Å². The van der Waals surface area contributed by atoms with Gasteiger partial charge in [-0.2, -0.15) is 0 Å². The monoisotopic (exact) mass is 370 g/mol. The predicted octanol–water partition coefficient (Wildman–Crippen LogP) is 3.91. The molecule has 1 amide bonds. The van der Waals surface area contributed by atoms with E-state index < -0.39 is 5.60 Å². The zero-order valence-corrected chi connectivity index (χ0v) is 16.8. The van der Waals surface area contributed by atoms with Gasteiger partial charge in [-0.25, -0.2) is 4.98 Å². The van der Waals surface area contributed by atoms with Gasteiger partial charge in [0, 0.05) is 12.1 Å². The molecule has 27 heavy (non-hydrogen) atoms. The maximum atomic E-state index is 12.3. The number of carbonyl (C=O) groups is 1. The number of hydrogen-bond donors (Lipinski definition) is 2. The fourth-order valence-corrected chi connectivity index (χ4v) is 3.52. The van der Waals surface area contributed by atoms with Gasteiger partial charge in [-0.1, -0.05) is 45.7 Å². The largest absolute Gasteiger partial charge is 0.441 e. The quantitative estimate of drug-likeness (QED) is 0.837.